The number of ether oxygens (including phenoxy) is 1. The van der Waals surface area contributed by atoms with Gasteiger partial charge in [-0.2, -0.15) is 0 Å². The number of benzene rings is 2. The van der Waals surface area contributed by atoms with Gasteiger partial charge in [-0.15, -0.1) is 0 Å². The molecule has 0 N–H and O–H groups in total. The van der Waals surface area contributed by atoms with Crippen LogP contribution in [0.4, 0.5) is 4.39 Å². The van der Waals surface area contributed by atoms with Gasteiger partial charge < -0.3 is 4.74 Å². The number of thioether (sulfide) groups is 1. The van der Waals surface area contributed by atoms with E-state index >= 15 is 0 Å². The molecule has 26 heavy (non-hydrogen) atoms. The summed E-state index contributed by atoms with van der Waals surface area (Å²) in [6.45, 7) is 0.458. The largest absolute Gasteiger partial charge is 0.497 e. The molecule has 0 radical (unpaired) electrons. The molecular weight excluding hydrogens is 393 g/mol. The van der Waals surface area contributed by atoms with Gasteiger partial charge in [0.2, 0.25) is 0 Å². The van der Waals surface area contributed by atoms with Gasteiger partial charge in [-0.3, -0.25) is 9.69 Å². The Morgan fingerprint density at radius 2 is 2.00 bits per heavy atom. The Morgan fingerprint density at radius 1 is 1.27 bits per heavy atom. The Bertz CT molecular complexity index is 863. The molecule has 1 aliphatic rings. The highest BCUT2D eigenvalue weighted by Gasteiger charge is 2.32. The Kier molecular flexibility index (Phi) is 5.96. The average Bonchev–Trinajstić information content (AvgIpc) is 2.90. The van der Waals surface area contributed by atoms with Crippen LogP contribution in [0, 0.1) is 5.82 Å². The molecule has 0 saturated carbocycles. The number of methoxy groups -OCH3 is 1. The van der Waals surface area contributed by atoms with Crippen molar-refractivity contribution < 1.29 is 13.9 Å². The van der Waals surface area contributed by atoms with Crippen molar-refractivity contribution in [3.8, 4) is 5.75 Å². The van der Waals surface area contributed by atoms with Crippen LogP contribution in [0.3, 0.4) is 0 Å². The summed E-state index contributed by atoms with van der Waals surface area (Å²) in [4.78, 5) is 14.5. The fraction of sp³-hybridized carbons (Fsp3) is 0.158. The molecule has 1 saturated heterocycles. The summed E-state index contributed by atoms with van der Waals surface area (Å²) in [6.07, 6.45) is 2.12. The van der Waals surface area contributed by atoms with Crippen molar-refractivity contribution >= 4 is 51.9 Å². The molecule has 0 aromatic heterocycles. The van der Waals surface area contributed by atoms with Gasteiger partial charge in [-0.1, -0.05) is 53.8 Å². The highest BCUT2D eigenvalue weighted by atomic mass is 35.5. The predicted molar refractivity (Wildman–Crippen MR) is 108 cm³/mol. The number of hydrogen-bond donors (Lipinski definition) is 0. The highest BCUT2D eigenvalue weighted by Crippen LogP contribution is 2.34. The van der Waals surface area contributed by atoms with E-state index in [1.165, 1.54) is 23.1 Å². The van der Waals surface area contributed by atoms with Crippen molar-refractivity contribution in [2.24, 2.45) is 0 Å². The lowest BCUT2D eigenvalue weighted by molar-refractivity contribution is -0.122. The summed E-state index contributed by atoms with van der Waals surface area (Å²) in [7, 11) is 1.61. The second-order valence-corrected chi connectivity index (χ2v) is 7.65. The van der Waals surface area contributed by atoms with E-state index < -0.39 is 5.82 Å². The minimum absolute atomic E-state index is 0.199. The molecule has 3 rings (SSSR count). The van der Waals surface area contributed by atoms with Gasteiger partial charge in [-0.05, 0) is 42.3 Å². The van der Waals surface area contributed by atoms with E-state index in [2.05, 4.69) is 0 Å². The first-order valence-corrected chi connectivity index (χ1v) is 9.42. The maximum absolute atomic E-state index is 14.0. The van der Waals surface area contributed by atoms with Crippen LogP contribution >= 0.6 is 35.6 Å². The molecule has 2 aromatic carbocycles. The van der Waals surface area contributed by atoms with Crippen molar-refractivity contribution in [1.82, 2.24) is 4.90 Å². The minimum atomic E-state index is -0.471. The first kappa shape index (κ1) is 18.9. The number of halogens is 2. The smallest absolute Gasteiger partial charge is 0.266 e. The third kappa shape index (κ3) is 4.09. The Hall–Kier alpha value is -1.89. The van der Waals surface area contributed by atoms with Gasteiger partial charge in [0.25, 0.3) is 5.91 Å². The third-order valence-electron chi connectivity index (χ3n) is 3.93. The number of amides is 1. The summed E-state index contributed by atoms with van der Waals surface area (Å²) in [5, 5.41) is 0.258. The van der Waals surface area contributed by atoms with Crippen LogP contribution in [0.2, 0.25) is 5.02 Å². The molecule has 134 valence electrons. The van der Waals surface area contributed by atoms with Gasteiger partial charge in [0.05, 0.1) is 17.0 Å². The van der Waals surface area contributed by atoms with Crippen molar-refractivity contribution in [1.29, 1.82) is 0 Å². The molecular formula is C19H15ClFNO2S2. The van der Waals surface area contributed by atoms with E-state index in [-0.39, 0.29) is 16.5 Å². The number of nitrogens with zero attached hydrogens (tertiary/aromatic N) is 1. The van der Waals surface area contributed by atoms with E-state index in [4.69, 9.17) is 28.6 Å². The molecule has 0 aliphatic carbocycles. The Balaban J connectivity index is 1.73. The third-order valence-corrected chi connectivity index (χ3v) is 5.64. The maximum atomic E-state index is 14.0. The van der Waals surface area contributed by atoms with Crippen molar-refractivity contribution in [3.63, 3.8) is 0 Å². The fourth-order valence-electron chi connectivity index (χ4n) is 2.51. The van der Waals surface area contributed by atoms with Gasteiger partial charge in [0, 0.05) is 12.1 Å². The van der Waals surface area contributed by atoms with Gasteiger partial charge >= 0.3 is 0 Å². The van der Waals surface area contributed by atoms with Crippen molar-refractivity contribution in [2.75, 3.05) is 13.7 Å². The quantitative estimate of drug-likeness (QED) is 0.519. The van der Waals surface area contributed by atoms with E-state index in [1.54, 1.807) is 13.2 Å². The maximum Gasteiger partial charge on any atom is 0.266 e. The second kappa shape index (κ2) is 8.20. The van der Waals surface area contributed by atoms with Crippen LogP contribution in [0.15, 0.2) is 47.4 Å². The van der Waals surface area contributed by atoms with E-state index in [0.717, 1.165) is 23.1 Å². The number of rotatable bonds is 5. The molecule has 0 spiro atoms. The van der Waals surface area contributed by atoms with Crippen LogP contribution in [0.25, 0.3) is 6.08 Å². The van der Waals surface area contributed by atoms with Crippen molar-refractivity contribution in [2.45, 2.75) is 6.42 Å². The SMILES string of the molecule is COc1ccc(CCN2C(=O)/C(=C/c3c(F)cccc3Cl)SC2=S)cc1. The van der Waals surface area contributed by atoms with Crippen LogP contribution in [-0.4, -0.2) is 28.8 Å². The summed E-state index contributed by atoms with van der Waals surface area (Å²) >= 11 is 12.5. The number of thiocarbonyl (C=S) groups is 1. The molecule has 1 fully saturated rings. The van der Waals surface area contributed by atoms with Gasteiger partial charge in [-0.25, -0.2) is 4.39 Å². The molecule has 1 amide bonds. The lowest BCUT2D eigenvalue weighted by Crippen LogP contribution is -2.30. The zero-order valence-electron chi connectivity index (χ0n) is 13.9. The lowest BCUT2D eigenvalue weighted by atomic mass is 10.1. The number of hydrogen-bond acceptors (Lipinski definition) is 4. The predicted octanol–water partition coefficient (Wildman–Crippen LogP) is 4.93. The lowest BCUT2D eigenvalue weighted by Gasteiger charge is -2.14. The summed E-state index contributed by atoms with van der Waals surface area (Å²) in [5.74, 6) is 0.0814. The molecule has 1 aliphatic heterocycles. The number of carbonyl (C=O) groups excluding carboxylic acids is 1. The van der Waals surface area contributed by atoms with Crippen LogP contribution < -0.4 is 4.74 Å². The molecule has 0 bridgehead atoms. The highest BCUT2D eigenvalue weighted by molar-refractivity contribution is 8.26. The normalized spacial score (nSPS) is 15.8. The molecule has 7 heteroatoms. The number of carbonyl (C=O) groups is 1. The molecule has 3 nitrogen and oxygen atoms in total. The van der Waals surface area contributed by atoms with Crippen LogP contribution in [-0.2, 0) is 11.2 Å². The molecule has 0 atom stereocenters. The molecule has 1 heterocycles. The first-order chi connectivity index (χ1) is 12.5. The summed E-state index contributed by atoms with van der Waals surface area (Å²) < 4.78 is 19.5. The molecule has 2 aromatic rings. The monoisotopic (exact) mass is 407 g/mol. The standard InChI is InChI=1S/C19H15ClFNO2S2/c1-24-13-7-5-12(6-8-13)9-10-22-18(23)17(26-19(22)25)11-14-15(20)3-2-4-16(14)21/h2-8,11H,9-10H2,1H3/b17-11-. The van der Waals surface area contributed by atoms with Gasteiger partial charge in [0.1, 0.15) is 15.9 Å². The van der Waals surface area contributed by atoms with Crippen LogP contribution in [0.5, 0.6) is 5.75 Å². The Morgan fingerprint density at radius 3 is 2.65 bits per heavy atom. The average molecular weight is 408 g/mol. The minimum Gasteiger partial charge on any atom is -0.497 e. The summed E-state index contributed by atoms with van der Waals surface area (Å²) in [6, 6.07) is 12.1. The fourth-order valence-corrected chi connectivity index (χ4v) is 4.01. The van der Waals surface area contributed by atoms with E-state index in [1.807, 2.05) is 24.3 Å². The summed E-state index contributed by atoms with van der Waals surface area (Å²) in [5.41, 5.74) is 1.27. The zero-order valence-corrected chi connectivity index (χ0v) is 16.3. The van der Waals surface area contributed by atoms with Crippen molar-refractivity contribution in [3.05, 3.63) is 69.3 Å². The topological polar surface area (TPSA) is 29.5 Å². The first-order valence-electron chi connectivity index (χ1n) is 7.82. The van der Waals surface area contributed by atoms with E-state index in [0.29, 0.717) is 22.2 Å². The zero-order chi connectivity index (χ0) is 18.7. The Labute approximate surface area is 165 Å². The second-order valence-electron chi connectivity index (χ2n) is 5.57. The van der Waals surface area contributed by atoms with Crippen LogP contribution in [0.1, 0.15) is 11.1 Å². The molecule has 0 unspecified atom stereocenters. The van der Waals surface area contributed by atoms with E-state index in [9.17, 15) is 9.18 Å². The van der Waals surface area contributed by atoms with Gasteiger partial charge in [0.15, 0.2) is 0 Å².